The van der Waals surface area contributed by atoms with Gasteiger partial charge in [-0.05, 0) is 55.2 Å². The van der Waals surface area contributed by atoms with Crippen molar-refractivity contribution >= 4 is 34.4 Å². The first-order chi connectivity index (χ1) is 14.8. The highest BCUT2D eigenvalue weighted by atomic mass is 35.5. The summed E-state index contributed by atoms with van der Waals surface area (Å²) in [6, 6.07) is 10.6. The number of benzene rings is 2. The first kappa shape index (κ1) is 22.4. The van der Waals surface area contributed by atoms with Crippen LogP contribution in [0.5, 0.6) is 5.75 Å². The van der Waals surface area contributed by atoms with Crippen molar-refractivity contribution in [3.05, 3.63) is 74.6 Å². The van der Waals surface area contributed by atoms with E-state index in [0.717, 1.165) is 5.39 Å². The molecule has 3 rings (SSSR count). The van der Waals surface area contributed by atoms with Crippen LogP contribution in [0.2, 0.25) is 5.02 Å². The van der Waals surface area contributed by atoms with Crippen molar-refractivity contribution in [2.75, 3.05) is 7.11 Å². The van der Waals surface area contributed by atoms with Crippen LogP contribution in [0.15, 0.2) is 51.7 Å². The molecule has 1 aromatic heterocycles. The van der Waals surface area contributed by atoms with E-state index in [1.54, 1.807) is 49.4 Å². The van der Waals surface area contributed by atoms with Gasteiger partial charge in [0.1, 0.15) is 11.3 Å². The van der Waals surface area contributed by atoms with Crippen LogP contribution in [0.25, 0.3) is 11.0 Å². The number of halogens is 1. The second-order valence-corrected chi connectivity index (χ2v) is 7.56. The van der Waals surface area contributed by atoms with Crippen LogP contribution in [0.4, 0.5) is 0 Å². The van der Waals surface area contributed by atoms with E-state index >= 15 is 0 Å². The molecule has 7 nitrogen and oxygen atoms in total. The average molecular weight is 443 g/mol. The lowest BCUT2D eigenvalue weighted by atomic mass is 10.0. The third kappa shape index (κ3) is 5.44. The normalized spacial score (nSPS) is 11.8. The number of aliphatic carboxylic acids is 1. The Morgan fingerprint density at radius 3 is 2.55 bits per heavy atom. The molecule has 31 heavy (non-hydrogen) atoms. The average Bonchev–Trinajstić information content (AvgIpc) is 2.74. The minimum absolute atomic E-state index is 0.0597. The summed E-state index contributed by atoms with van der Waals surface area (Å²) in [4.78, 5) is 36.2. The van der Waals surface area contributed by atoms with E-state index in [4.69, 9.17) is 20.8 Å². The number of carbonyl (C=O) groups is 2. The van der Waals surface area contributed by atoms with Gasteiger partial charge in [0.15, 0.2) is 0 Å². The van der Waals surface area contributed by atoms with Crippen molar-refractivity contribution in [2.45, 2.75) is 32.2 Å². The van der Waals surface area contributed by atoms with Gasteiger partial charge >= 0.3 is 5.63 Å². The quantitative estimate of drug-likeness (QED) is 0.535. The van der Waals surface area contributed by atoms with Crippen molar-refractivity contribution in [1.29, 1.82) is 0 Å². The maximum Gasteiger partial charge on any atom is 0.339 e. The molecule has 1 heterocycles. The van der Waals surface area contributed by atoms with Gasteiger partial charge in [0.05, 0.1) is 19.1 Å². The molecule has 0 saturated carbocycles. The van der Waals surface area contributed by atoms with Gasteiger partial charge in [-0.1, -0.05) is 23.7 Å². The fourth-order valence-electron chi connectivity index (χ4n) is 3.35. The number of ether oxygens (including phenoxy) is 1. The lowest BCUT2D eigenvalue weighted by molar-refractivity contribution is -0.308. The zero-order chi connectivity index (χ0) is 22.5. The number of fused-ring (bicyclic) bond motifs is 1. The summed E-state index contributed by atoms with van der Waals surface area (Å²) in [6.45, 7) is 1.78. The number of methoxy groups -OCH3 is 1. The first-order valence-corrected chi connectivity index (χ1v) is 10.0. The number of carboxylic acid groups (broad SMARTS) is 1. The predicted molar refractivity (Wildman–Crippen MR) is 114 cm³/mol. The Bertz CT molecular complexity index is 1170. The zero-order valence-electron chi connectivity index (χ0n) is 17.1. The summed E-state index contributed by atoms with van der Waals surface area (Å²) in [5, 5.41) is 15.2. The molecule has 0 fully saturated rings. The first-order valence-electron chi connectivity index (χ1n) is 9.63. The number of nitrogens with one attached hydrogen (secondary N) is 1. The molecule has 1 atom stereocenters. The molecular formula is C23H21ClNO6-. The summed E-state index contributed by atoms with van der Waals surface area (Å²) in [5.74, 6) is -1.33. The highest BCUT2D eigenvalue weighted by molar-refractivity contribution is 6.30. The number of hydrogen-bond acceptors (Lipinski definition) is 6. The molecule has 1 amide bonds. The smallest absolute Gasteiger partial charge is 0.339 e. The monoisotopic (exact) mass is 442 g/mol. The molecule has 0 aliphatic rings. The van der Waals surface area contributed by atoms with Gasteiger partial charge in [0.25, 0.3) is 0 Å². The zero-order valence-corrected chi connectivity index (χ0v) is 17.8. The van der Waals surface area contributed by atoms with E-state index in [1.165, 1.54) is 7.11 Å². The summed E-state index contributed by atoms with van der Waals surface area (Å²) < 4.78 is 10.5. The topological polar surface area (TPSA) is 109 Å². The Morgan fingerprint density at radius 2 is 1.90 bits per heavy atom. The van der Waals surface area contributed by atoms with Crippen LogP contribution in [0.1, 0.15) is 23.1 Å². The van der Waals surface area contributed by atoms with E-state index < -0.39 is 23.5 Å². The molecule has 8 heteroatoms. The highest BCUT2D eigenvalue weighted by Crippen LogP contribution is 2.24. The molecule has 1 N–H and O–H groups in total. The maximum atomic E-state index is 12.4. The Morgan fingerprint density at radius 1 is 1.19 bits per heavy atom. The van der Waals surface area contributed by atoms with E-state index in [2.05, 4.69) is 5.32 Å². The molecule has 0 aliphatic heterocycles. The number of aryl methyl sites for hydroxylation is 1. The minimum atomic E-state index is -1.39. The van der Waals surface area contributed by atoms with Gasteiger partial charge < -0.3 is 24.4 Å². The van der Waals surface area contributed by atoms with Crippen LogP contribution >= 0.6 is 11.6 Å². The molecule has 0 aliphatic carbocycles. The fraction of sp³-hybridized carbons (Fsp3) is 0.261. The number of rotatable bonds is 8. The molecular weight excluding hydrogens is 422 g/mol. The molecule has 162 valence electrons. The van der Waals surface area contributed by atoms with Gasteiger partial charge in [-0.25, -0.2) is 4.79 Å². The predicted octanol–water partition coefficient (Wildman–Crippen LogP) is 2.17. The Labute approximate surface area is 183 Å². The SMILES string of the molecule is COc1ccc2c(C)c(CCC(=O)N[C@H](Cc3ccc(Cl)cc3)C(=O)[O-])c(=O)oc2c1. The maximum absolute atomic E-state index is 12.4. The molecule has 0 bridgehead atoms. The standard InChI is InChI=1S/C23H22ClNO6/c1-13-17-8-7-16(30-2)12-20(17)31-23(29)18(13)9-10-21(26)25-19(22(27)28)11-14-3-5-15(24)6-4-14/h3-8,12,19H,9-11H2,1-2H3,(H,25,26)(H,27,28)/p-1/t19-/m1/s1. The molecule has 2 aromatic carbocycles. The van der Waals surface area contributed by atoms with Crippen molar-refractivity contribution in [3.63, 3.8) is 0 Å². The van der Waals surface area contributed by atoms with Gasteiger partial charge in [-0.3, -0.25) is 4.79 Å². The number of amides is 1. The van der Waals surface area contributed by atoms with Crippen molar-refractivity contribution in [3.8, 4) is 5.75 Å². The van der Waals surface area contributed by atoms with E-state index in [-0.39, 0.29) is 19.3 Å². The second kappa shape index (κ2) is 9.66. The summed E-state index contributed by atoms with van der Waals surface area (Å²) in [7, 11) is 1.52. The van der Waals surface area contributed by atoms with Gasteiger partial charge in [0.2, 0.25) is 5.91 Å². The van der Waals surface area contributed by atoms with Crippen molar-refractivity contribution in [2.24, 2.45) is 0 Å². The van der Waals surface area contributed by atoms with Gasteiger partial charge in [-0.15, -0.1) is 0 Å². The lowest BCUT2D eigenvalue weighted by Gasteiger charge is -2.20. The molecule has 0 spiro atoms. The third-order valence-electron chi connectivity index (χ3n) is 5.07. The van der Waals surface area contributed by atoms with E-state index in [0.29, 0.717) is 33.0 Å². The number of hydrogen-bond donors (Lipinski definition) is 1. The third-order valence-corrected chi connectivity index (χ3v) is 5.32. The van der Waals surface area contributed by atoms with E-state index in [1.807, 2.05) is 0 Å². The van der Waals surface area contributed by atoms with Crippen LogP contribution in [-0.2, 0) is 22.4 Å². The minimum Gasteiger partial charge on any atom is -0.548 e. The summed E-state index contributed by atoms with van der Waals surface area (Å²) >= 11 is 5.83. The van der Waals surface area contributed by atoms with Crippen LogP contribution < -0.4 is 20.8 Å². The largest absolute Gasteiger partial charge is 0.548 e. The van der Waals surface area contributed by atoms with Crippen molar-refractivity contribution in [1.82, 2.24) is 5.32 Å². The fourth-order valence-corrected chi connectivity index (χ4v) is 3.47. The second-order valence-electron chi connectivity index (χ2n) is 7.12. The molecule has 0 unspecified atom stereocenters. The highest BCUT2D eigenvalue weighted by Gasteiger charge is 2.17. The number of carbonyl (C=O) groups excluding carboxylic acids is 2. The Balaban J connectivity index is 1.70. The van der Waals surface area contributed by atoms with Crippen LogP contribution in [0.3, 0.4) is 0 Å². The van der Waals surface area contributed by atoms with Crippen molar-refractivity contribution < 1.29 is 23.8 Å². The van der Waals surface area contributed by atoms with Crippen LogP contribution in [-0.4, -0.2) is 25.0 Å². The summed E-state index contributed by atoms with van der Waals surface area (Å²) in [6.07, 6.45) is 0.102. The van der Waals surface area contributed by atoms with Crippen LogP contribution in [0, 0.1) is 6.92 Å². The Kier molecular flexibility index (Phi) is 6.97. The van der Waals surface area contributed by atoms with Gasteiger partial charge in [-0.2, -0.15) is 0 Å². The lowest BCUT2D eigenvalue weighted by Crippen LogP contribution is -2.49. The van der Waals surface area contributed by atoms with E-state index in [9.17, 15) is 19.5 Å². The molecule has 3 aromatic rings. The summed E-state index contributed by atoms with van der Waals surface area (Å²) in [5.41, 5.74) is 1.63. The molecule has 0 saturated heterocycles. The molecule has 0 radical (unpaired) electrons. The number of carboxylic acids is 1. The van der Waals surface area contributed by atoms with Gasteiger partial charge in [0, 0.05) is 28.5 Å². The Hall–Kier alpha value is -3.32.